The third-order valence-corrected chi connectivity index (χ3v) is 1.68. The molecule has 0 aliphatic rings. The van der Waals surface area contributed by atoms with Crippen molar-refractivity contribution in [1.29, 1.82) is 0 Å². The summed E-state index contributed by atoms with van der Waals surface area (Å²) in [6.45, 7) is 2.81. The van der Waals surface area contributed by atoms with E-state index in [0.29, 0.717) is 5.75 Å². The molecular formula is C11H14N2O2. The quantitative estimate of drug-likeness (QED) is 0.438. The predicted molar refractivity (Wildman–Crippen MR) is 60.7 cm³/mol. The van der Waals surface area contributed by atoms with Gasteiger partial charge in [-0.2, -0.15) is 0 Å². The molecule has 0 fully saturated rings. The zero-order valence-corrected chi connectivity index (χ0v) is 8.64. The molecule has 0 aliphatic carbocycles. The van der Waals surface area contributed by atoms with Gasteiger partial charge in [0.05, 0.1) is 6.34 Å². The molecule has 1 aromatic carbocycles. The lowest BCUT2D eigenvalue weighted by Gasteiger charge is -2.03. The monoisotopic (exact) mass is 206 g/mol. The molecular weight excluding hydrogens is 192 g/mol. The van der Waals surface area contributed by atoms with E-state index in [0.717, 1.165) is 18.5 Å². The molecule has 1 aromatic rings. The maximum atomic E-state index is 10.1. The van der Waals surface area contributed by atoms with Gasteiger partial charge in [0.2, 0.25) is 0 Å². The Kier molecular flexibility index (Phi) is 4.94. The van der Waals surface area contributed by atoms with Crippen LogP contribution in [0.2, 0.25) is 0 Å². The Morgan fingerprint density at radius 3 is 2.73 bits per heavy atom. The van der Waals surface area contributed by atoms with Crippen molar-refractivity contribution in [3.8, 4) is 5.75 Å². The third kappa shape index (κ3) is 4.26. The van der Waals surface area contributed by atoms with E-state index in [1.54, 1.807) is 18.5 Å². The molecule has 0 aliphatic heterocycles. The largest absolute Gasteiger partial charge is 0.486 e. The van der Waals surface area contributed by atoms with Crippen LogP contribution in [0.15, 0.2) is 29.3 Å². The van der Waals surface area contributed by atoms with E-state index < -0.39 is 0 Å². The summed E-state index contributed by atoms with van der Waals surface area (Å²) in [6, 6.07) is 7.32. The van der Waals surface area contributed by atoms with Gasteiger partial charge in [-0.25, -0.2) is 0 Å². The van der Waals surface area contributed by atoms with Crippen molar-refractivity contribution in [3.05, 3.63) is 24.3 Å². The van der Waals surface area contributed by atoms with Gasteiger partial charge in [-0.15, -0.1) is 0 Å². The van der Waals surface area contributed by atoms with Crippen molar-refractivity contribution >= 4 is 18.3 Å². The molecule has 0 radical (unpaired) electrons. The van der Waals surface area contributed by atoms with Gasteiger partial charge in [0.25, 0.3) is 0 Å². The number of nitrogens with zero attached hydrogens (tertiary/aromatic N) is 1. The van der Waals surface area contributed by atoms with E-state index in [9.17, 15) is 4.79 Å². The Bertz CT molecular complexity index is 320. The zero-order chi connectivity index (χ0) is 10.9. The summed E-state index contributed by atoms with van der Waals surface area (Å²) in [5.74, 6) is 0.681. The molecule has 0 heterocycles. The van der Waals surface area contributed by atoms with Crippen molar-refractivity contribution in [2.75, 3.05) is 18.5 Å². The Balaban J connectivity index is 2.48. The summed E-state index contributed by atoms with van der Waals surface area (Å²) in [4.78, 5) is 14.1. The first-order valence-corrected chi connectivity index (χ1v) is 4.78. The first-order chi connectivity index (χ1) is 7.36. The van der Waals surface area contributed by atoms with Crippen molar-refractivity contribution < 1.29 is 9.53 Å². The van der Waals surface area contributed by atoms with Gasteiger partial charge in [-0.1, -0.05) is 0 Å². The second-order valence-corrected chi connectivity index (χ2v) is 2.77. The summed E-state index contributed by atoms with van der Waals surface area (Å²) in [7, 11) is 0. The number of aliphatic imine (C=N–C) groups is 1. The van der Waals surface area contributed by atoms with Crippen LogP contribution in [-0.4, -0.2) is 25.8 Å². The predicted octanol–water partition coefficient (Wildman–Crippen LogP) is 1.72. The van der Waals surface area contributed by atoms with Crippen LogP contribution in [0.25, 0.3) is 0 Å². The maximum Gasteiger partial charge on any atom is 0.157 e. The third-order valence-electron chi connectivity index (χ3n) is 1.68. The fraction of sp³-hybridized carbons (Fsp3) is 0.273. The molecule has 4 nitrogen and oxygen atoms in total. The maximum absolute atomic E-state index is 10.1. The molecule has 0 aromatic heterocycles. The van der Waals surface area contributed by atoms with Gasteiger partial charge in [0, 0.05) is 12.2 Å². The normalized spacial score (nSPS) is 10.2. The molecule has 15 heavy (non-hydrogen) atoms. The molecule has 0 unspecified atom stereocenters. The van der Waals surface area contributed by atoms with Crippen molar-refractivity contribution in [1.82, 2.24) is 0 Å². The summed E-state index contributed by atoms with van der Waals surface area (Å²) in [6.07, 6.45) is 2.38. The van der Waals surface area contributed by atoms with Crippen molar-refractivity contribution in [3.63, 3.8) is 0 Å². The van der Waals surface area contributed by atoms with Crippen LogP contribution in [0, 0.1) is 0 Å². The highest BCUT2D eigenvalue weighted by Gasteiger charge is 1.92. The van der Waals surface area contributed by atoms with Gasteiger partial charge in [-0.05, 0) is 31.2 Å². The van der Waals surface area contributed by atoms with E-state index in [2.05, 4.69) is 10.3 Å². The van der Waals surface area contributed by atoms with Crippen LogP contribution in [0.1, 0.15) is 6.92 Å². The van der Waals surface area contributed by atoms with E-state index in [4.69, 9.17) is 4.74 Å². The highest BCUT2D eigenvalue weighted by Crippen LogP contribution is 2.14. The fourth-order valence-electron chi connectivity index (χ4n) is 0.989. The molecule has 0 bridgehead atoms. The second-order valence-electron chi connectivity index (χ2n) is 2.77. The van der Waals surface area contributed by atoms with Crippen LogP contribution in [0.4, 0.5) is 5.69 Å². The first kappa shape index (κ1) is 11.2. The first-order valence-electron chi connectivity index (χ1n) is 4.78. The lowest BCUT2D eigenvalue weighted by Crippen LogP contribution is -1.98. The topological polar surface area (TPSA) is 50.7 Å². The van der Waals surface area contributed by atoms with E-state index in [-0.39, 0.29) is 6.61 Å². The van der Waals surface area contributed by atoms with Gasteiger partial charge in [-0.3, -0.25) is 9.79 Å². The fourth-order valence-corrected chi connectivity index (χ4v) is 0.989. The van der Waals surface area contributed by atoms with Gasteiger partial charge >= 0.3 is 0 Å². The smallest absolute Gasteiger partial charge is 0.157 e. The molecule has 4 heteroatoms. The number of hydrogen-bond acceptors (Lipinski definition) is 3. The minimum absolute atomic E-state index is 0.0874. The van der Waals surface area contributed by atoms with Gasteiger partial charge in [0.15, 0.2) is 6.29 Å². The molecule has 1 N–H and O–H groups in total. The summed E-state index contributed by atoms with van der Waals surface area (Å²) in [5.41, 5.74) is 0.936. The van der Waals surface area contributed by atoms with Crippen LogP contribution in [0.3, 0.4) is 0 Å². The lowest BCUT2D eigenvalue weighted by molar-refractivity contribution is -0.109. The SMILES string of the molecule is CCN=CNc1ccc(OCC=O)cc1. The number of carbonyl (C=O) groups is 1. The summed E-state index contributed by atoms with van der Waals surface area (Å²) >= 11 is 0. The number of rotatable bonds is 6. The average molecular weight is 206 g/mol. The molecule has 80 valence electrons. The molecule has 0 amide bonds. The molecule has 0 atom stereocenters. The molecule has 0 spiro atoms. The van der Waals surface area contributed by atoms with Crippen molar-refractivity contribution in [2.45, 2.75) is 6.92 Å². The number of benzene rings is 1. The molecule has 1 rings (SSSR count). The Morgan fingerprint density at radius 2 is 2.13 bits per heavy atom. The average Bonchev–Trinajstić information content (AvgIpc) is 2.28. The van der Waals surface area contributed by atoms with E-state index in [1.807, 2.05) is 19.1 Å². The van der Waals surface area contributed by atoms with E-state index in [1.165, 1.54) is 0 Å². The summed E-state index contributed by atoms with van der Waals surface area (Å²) in [5, 5.41) is 3.01. The Labute approximate surface area is 89.0 Å². The van der Waals surface area contributed by atoms with E-state index >= 15 is 0 Å². The number of aldehydes is 1. The Hall–Kier alpha value is -1.84. The Morgan fingerprint density at radius 1 is 1.40 bits per heavy atom. The summed E-state index contributed by atoms with van der Waals surface area (Å²) < 4.78 is 5.11. The van der Waals surface area contributed by atoms with Gasteiger partial charge < -0.3 is 10.1 Å². The zero-order valence-electron chi connectivity index (χ0n) is 8.64. The molecule has 0 saturated carbocycles. The number of ether oxygens (including phenoxy) is 1. The van der Waals surface area contributed by atoms with Gasteiger partial charge in [0.1, 0.15) is 12.4 Å². The number of hydrogen-bond donors (Lipinski definition) is 1. The molecule has 0 saturated heterocycles. The number of anilines is 1. The van der Waals surface area contributed by atoms with Crippen LogP contribution in [-0.2, 0) is 4.79 Å². The number of carbonyl (C=O) groups excluding carboxylic acids is 1. The minimum atomic E-state index is 0.0874. The second kappa shape index (κ2) is 6.59. The highest BCUT2D eigenvalue weighted by molar-refractivity contribution is 5.75. The lowest BCUT2D eigenvalue weighted by atomic mass is 10.3. The van der Waals surface area contributed by atoms with Crippen LogP contribution in [0.5, 0.6) is 5.75 Å². The minimum Gasteiger partial charge on any atom is -0.486 e. The van der Waals surface area contributed by atoms with Crippen LogP contribution >= 0.6 is 0 Å². The standard InChI is InChI=1S/C11H14N2O2/c1-2-12-9-13-10-3-5-11(6-4-10)15-8-7-14/h3-7,9H,2,8H2,1H3,(H,12,13). The highest BCUT2D eigenvalue weighted by atomic mass is 16.5. The van der Waals surface area contributed by atoms with Crippen LogP contribution < -0.4 is 10.1 Å². The number of nitrogens with one attached hydrogen (secondary N) is 1. The van der Waals surface area contributed by atoms with Crippen molar-refractivity contribution in [2.24, 2.45) is 4.99 Å².